The summed E-state index contributed by atoms with van der Waals surface area (Å²) in [6.07, 6.45) is 6.34. The van der Waals surface area contributed by atoms with E-state index in [-0.39, 0.29) is 0 Å². The number of hydrogen-bond donors (Lipinski definition) is 0. The van der Waals surface area contributed by atoms with Crippen LogP contribution in [0.25, 0.3) is 21.7 Å². The third kappa shape index (κ3) is 7.59. The summed E-state index contributed by atoms with van der Waals surface area (Å²) in [6, 6.07) is 23.7. The summed E-state index contributed by atoms with van der Waals surface area (Å²) in [4.78, 5) is 7.04. The van der Waals surface area contributed by atoms with Crippen LogP contribution in [-0.2, 0) is 6.42 Å². The van der Waals surface area contributed by atoms with Crippen LogP contribution in [0, 0.1) is 0 Å². The van der Waals surface area contributed by atoms with Gasteiger partial charge in [0.15, 0.2) is 0 Å². The number of ether oxygens (including phenoxy) is 1. The third-order valence-electron chi connectivity index (χ3n) is 6.46. The molecular weight excluding hydrogens is 635 g/mol. The van der Waals surface area contributed by atoms with E-state index in [0.29, 0.717) is 26.6 Å². The fourth-order valence-corrected chi connectivity index (χ4v) is 6.69. The minimum absolute atomic E-state index is 0.306. The van der Waals surface area contributed by atoms with Gasteiger partial charge in [-0.2, -0.15) is 0 Å². The maximum atomic E-state index is 5.70. The molecule has 0 saturated carbocycles. The first kappa shape index (κ1) is 27.7. The molecule has 0 aliphatic carbocycles. The SMILES string of the molecule is CC1=CC=IC=C1.COc1nc2ccc(Br)cc2cc1CC(CCN(C)C)c1cccc2ccccc12. The number of hydrogen-bond acceptors (Lipinski definition) is 3. The average Bonchev–Trinajstić information content (AvgIpc) is 2.91. The lowest BCUT2D eigenvalue weighted by molar-refractivity contribution is 0.373. The van der Waals surface area contributed by atoms with Crippen molar-refractivity contribution >= 4 is 62.3 Å². The number of benzene rings is 3. The van der Waals surface area contributed by atoms with Crippen molar-refractivity contribution in [2.75, 3.05) is 27.7 Å². The van der Waals surface area contributed by atoms with Gasteiger partial charge in [-0.1, -0.05) is 96.9 Å². The highest BCUT2D eigenvalue weighted by Crippen LogP contribution is 2.34. The van der Waals surface area contributed by atoms with Crippen molar-refractivity contribution < 1.29 is 4.74 Å². The molecule has 0 amide bonds. The molecule has 0 radical (unpaired) electrons. The zero-order valence-electron chi connectivity index (χ0n) is 21.9. The number of aromatic nitrogens is 1. The van der Waals surface area contributed by atoms with Crippen LogP contribution >= 0.6 is 36.7 Å². The Morgan fingerprint density at radius 3 is 2.51 bits per heavy atom. The van der Waals surface area contributed by atoms with E-state index in [1.54, 1.807) is 7.11 Å². The van der Waals surface area contributed by atoms with E-state index in [0.717, 1.165) is 46.2 Å². The molecule has 4 aromatic rings. The molecule has 37 heavy (non-hydrogen) atoms. The van der Waals surface area contributed by atoms with Gasteiger partial charge in [0.25, 0.3) is 0 Å². The first-order valence-electron chi connectivity index (χ1n) is 12.5. The summed E-state index contributed by atoms with van der Waals surface area (Å²) in [6.45, 7) is 3.15. The topological polar surface area (TPSA) is 25.4 Å². The van der Waals surface area contributed by atoms with E-state index in [9.17, 15) is 0 Å². The summed E-state index contributed by atoms with van der Waals surface area (Å²) in [5.74, 6) is 1.10. The highest BCUT2D eigenvalue weighted by Gasteiger charge is 2.19. The number of fused-ring (bicyclic) bond motifs is 2. The molecule has 0 bridgehead atoms. The Morgan fingerprint density at radius 1 is 1.00 bits per heavy atom. The molecular formula is C32H34BrIN2O. The van der Waals surface area contributed by atoms with Gasteiger partial charge in [-0.05, 0) is 95.0 Å². The quantitative estimate of drug-likeness (QED) is 0.184. The standard InChI is InChI=1S/C26H27BrN2O.C6H7I/c1-29(2)14-13-19(24-10-6-8-18-7-4-5-9-23(18)24)15-21-16-20-17-22(27)11-12-25(20)28-26(21)30-3;1-6-2-4-7-5-3-6/h4-12,16-17,19H,13-15H2,1-3H3;2-5H,1H3. The summed E-state index contributed by atoms with van der Waals surface area (Å²) >= 11 is 3.89. The third-order valence-corrected chi connectivity index (χ3v) is 8.50. The second-order valence-corrected chi connectivity index (χ2v) is 12.6. The van der Waals surface area contributed by atoms with Crippen LogP contribution in [0.4, 0.5) is 0 Å². The Kier molecular flexibility index (Phi) is 10.1. The monoisotopic (exact) mass is 668 g/mol. The lowest BCUT2D eigenvalue weighted by Gasteiger charge is -2.22. The van der Waals surface area contributed by atoms with E-state index < -0.39 is 0 Å². The van der Waals surface area contributed by atoms with Gasteiger partial charge in [-0.15, -0.1) is 0 Å². The fraction of sp³-hybridized carbons (Fsp3) is 0.250. The van der Waals surface area contributed by atoms with E-state index in [4.69, 9.17) is 9.72 Å². The van der Waals surface area contributed by atoms with Gasteiger partial charge in [-0.3, -0.25) is 0 Å². The zero-order valence-corrected chi connectivity index (χ0v) is 25.7. The first-order valence-corrected chi connectivity index (χ1v) is 15.8. The molecule has 3 aromatic carbocycles. The number of nitrogens with zero attached hydrogens (tertiary/aromatic N) is 2. The summed E-state index contributed by atoms with van der Waals surface area (Å²) < 4.78 is 11.3. The smallest absolute Gasteiger partial charge is 0.216 e. The van der Waals surface area contributed by atoms with Crippen molar-refractivity contribution in [3.8, 4) is 5.88 Å². The van der Waals surface area contributed by atoms with Gasteiger partial charge >= 0.3 is 0 Å². The van der Waals surface area contributed by atoms with Crippen molar-refractivity contribution in [3.63, 3.8) is 0 Å². The Hall–Kier alpha value is -2.35. The van der Waals surface area contributed by atoms with E-state index in [2.05, 4.69) is 117 Å². The molecule has 0 N–H and O–H groups in total. The number of allylic oxidation sites excluding steroid dienone is 3. The van der Waals surface area contributed by atoms with Crippen molar-refractivity contribution in [1.82, 2.24) is 9.88 Å². The van der Waals surface area contributed by atoms with E-state index in [1.165, 1.54) is 21.9 Å². The molecule has 5 rings (SSSR count). The van der Waals surface area contributed by atoms with Crippen molar-refractivity contribution in [2.45, 2.75) is 25.7 Å². The van der Waals surface area contributed by atoms with E-state index >= 15 is 0 Å². The lowest BCUT2D eigenvalue weighted by Crippen LogP contribution is -2.17. The molecule has 192 valence electrons. The van der Waals surface area contributed by atoms with Gasteiger partial charge < -0.3 is 9.64 Å². The molecule has 1 aliphatic heterocycles. The maximum Gasteiger partial charge on any atom is 0.216 e. The number of rotatable bonds is 7. The van der Waals surface area contributed by atoms with Crippen LogP contribution in [0.15, 0.2) is 93.0 Å². The highest BCUT2D eigenvalue weighted by atomic mass is 127. The lowest BCUT2D eigenvalue weighted by atomic mass is 9.86. The van der Waals surface area contributed by atoms with Crippen LogP contribution in [0.2, 0.25) is 0 Å². The molecule has 1 aromatic heterocycles. The van der Waals surface area contributed by atoms with Crippen molar-refractivity contribution in [3.05, 3.63) is 104 Å². The minimum atomic E-state index is 0.306. The Morgan fingerprint density at radius 2 is 1.81 bits per heavy atom. The summed E-state index contributed by atoms with van der Waals surface area (Å²) in [7, 11) is 5.98. The normalized spacial score (nSPS) is 13.6. The maximum absolute atomic E-state index is 5.70. The molecule has 1 unspecified atom stereocenters. The second-order valence-electron chi connectivity index (χ2n) is 9.51. The van der Waals surface area contributed by atoms with Gasteiger partial charge in [0.05, 0.1) is 12.6 Å². The van der Waals surface area contributed by atoms with Crippen LogP contribution in [0.3, 0.4) is 0 Å². The molecule has 1 aliphatic rings. The Labute approximate surface area is 239 Å². The van der Waals surface area contributed by atoms with Gasteiger partial charge in [0, 0.05) is 15.4 Å². The molecule has 5 heteroatoms. The predicted octanol–water partition coefficient (Wildman–Crippen LogP) is 8.67. The van der Waals surface area contributed by atoms with E-state index in [1.807, 2.05) is 12.1 Å². The Bertz CT molecular complexity index is 1450. The van der Waals surface area contributed by atoms with Crippen molar-refractivity contribution in [1.29, 1.82) is 0 Å². The first-order chi connectivity index (χ1) is 17.9. The number of pyridine rings is 1. The summed E-state index contributed by atoms with van der Waals surface area (Å²) in [5.41, 5.74) is 4.88. The van der Waals surface area contributed by atoms with Gasteiger partial charge in [-0.25, -0.2) is 4.98 Å². The molecule has 3 nitrogen and oxygen atoms in total. The predicted molar refractivity (Wildman–Crippen MR) is 173 cm³/mol. The largest absolute Gasteiger partial charge is 0.481 e. The molecule has 0 fully saturated rings. The highest BCUT2D eigenvalue weighted by molar-refractivity contribution is 14.2. The van der Waals surface area contributed by atoms with Gasteiger partial charge in [0.2, 0.25) is 5.88 Å². The number of halogens is 2. The minimum Gasteiger partial charge on any atom is -0.481 e. The molecule has 0 saturated heterocycles. The van der Waals surface area contributed by atoms with Crippen LogP contribution in [-0.4, -0.2) is 41.6 Å². The fourth-order valence-electron chi connectivity index (χ4n) is 4.52. The summed E-state index contributed by atoms with van der Waals surface area (Å²) in [5, 5.41) is 3.75. The van der Waals surface area contributed by atoms with Crippen molar-refractivity contribution in [2.24, 2.45) is 0 Å². The molecule has 2 heterocycles. The second kappa shape index (κ2) is 13.4. The van der Waals surface area contributed by atoms with Crippen LogP contribution in [0.5, 0.6) is 5.88 Å². The average molecular weight is 669 g/mol. The van der Waals surface area contributed by atoms with Crippen LogP contribution in [0.1, 0.15) is 30.4 Å². The zero-order chi connectivity index (χ0) is 26.2. The number of methoxy groups -OCH3 is 1. The Balaban J connectivity index is 0.000000396. The molecule has 0 spiro atoms. The van der Waals surface area contributed by atoms with Crippen LogP contribution < -0.4 is 4.74 Å². The molecule has 1 atom stereocenters. The van der Waals surface area contributed by atoms with Gasteiger partial charge in [0.1, 0.15) is 0 Å².